The molecule has 0 aromatic rings. The van der Waals surface area contributed by atoms with Gasteiger partial charge in [0.05, 0.1) is 11.4 Å². The Morgan fingerprint density at radius 1 is 1.67 bits per heavy atom. The molecule has 0 bridgehead atoms. The molecule has 2 rings (SSSR count). The van der Waals surface area contributed by atoms with E-state index in [0.29, 0.717) is 5.92 Å². The molecule has 2 aliphatic rings. The Labute approximate surface area is 72.4 Å². The predicted octanol–water partition coefficient (Wildman–Crippen LogP) is 1.98. The molecule has 1 N–H and O–H groups in total. The van der Waals surface area contributed by atoms with Crippen LogP contribution in [0.1, 0.15) is 13.3 Å². The fourth-order valence-corrected chi connectivity index (χ4v) is 1.53. The molecule has 0 aromatic carbocycles. The van der Waals surface area contributed by atoms with Gasteiger partial charge >= 0.3 is 0 Å². The third kappa shape index (κ3) is 0.998. The van der Waals surface area contributed by atoms with Gasteiger partial charge in [-0.15, -0.1) is 0 Å². The Kier molecular flexibility index (Phi) is 1.61. The van der Waals surface area contributed by atoms with Crippen LogP contribution in [-0.2, 0) is 0 Å². The molecule has 62 valence electrons. The molecule has 0 aromatic heterocycles. The van der Waals surface area contributed by atoms with E-state index >= 15 is 0 Å². The Morgan fingerprint density at radius 3 is 3.25 bits per heavy atom. The topological polar surface area (TPSA) is 24.4 Å². The van der Waals surface area contributed by atoms with E-state index in [-0.39, 0.29) is 0 Å². The minimum absolute atomic E-state index is 0.576. The van der Waals surface area contributed by atoms with Crippen LogP contribution in [0.5, 0.6) is 0 Å². The van der Waals surface area contributed by atoms with Gasteiger partial charge in [-0.05, 0) is 24.0 Å². The van der Waals surface area contributed by atoms with Gasteiger partial charge in [0.2, 0.25) is 0 Å². The highest BCUT2D eigenvalue weighted by Gasteiger charge is 2.18. The van der Waals surface area contributed by atoms with Gasteiger partial charge in [0.1, 0.15) is 0 Å². The second kappa shape index (κ2) is 2.63. The SMILES string of the molecule is C=C1NC=CC2=C1N=CCC2C. The third-order valence-electron chi connectivity index (χ3n) is 2.29. The standard InChI is InChI=1S/C10H12N2/c1-7-3-5-12-10-8(2)11-6-4-9(7)10/h4-7,11H,2-3H2,1H3. The van der Waals surface area contributed by atoms with Crippen molar-refractivity contribution in [1.82, 2.24) is 5.32 Å². The van der Waals surface area contributed by atoms with E-state index in [0.717, 1.165) is 17.8 Å². The molecule has 0 saturated carbocycles. The van der Waals surface area contributed by atoms with Crippen LogP contribution in [0.15, 0.2) is 40.8 Å². The molecule has 0 saturated heterocycles. The first-order valence-corrected chi connectivity index (χ1v) is 4.18. The summed E-state index contributed by atoms with van der Waals surface area (Å²) in [5, 5.41) is 3.06. The van der Waals surface area contributed by atoms with Crippen LogP contribution in [0.4, 0.5) is 0 Å². The fraction of sp³-hybridized carbons (Fsp3) is 0.300. The molecule has 2 aliphatic heterocycles. The third-order valence-corrected chi connectivity index (χ3v) is 2.29. The average molecular weight is 160 g/mol. The van der Waals surface area contributed by atoms with Crippen molar-refractivity contribution < 1.29 is 0 Å². The van der Waals surface area contributed by atoms with Crippen molar-refractivity contribution in [3.05, 3.63) is 35.8 Å². The van der Waals surface area contributed by atoms with Gasteiger partial charge in [0.25, 0.3) is 0 Å². The quantitative estimate of drug-likeness (QED) is 0.575. The Balaban J connectivity index is 2.46. The Morgan fingerprint density at radius 2 is 2.50 bits per heavy atom. The molecular formula is C10H12N2. The Hall–Kier alpha value is -1.31. The maximum absolute atomic E-state index is 4.32. The van der Waals surface area contributed by atoms with Crippen LogP contribution in [0.3, 0.4) is 0 Å². The number of allylic oxidation sites excluding steroid dienone is 2. The summed E-state index contributed by atoms with van der Waals surface area (Å²) in [6.07, 6.45) is 7.02. The molecule has 2 heterocycles. The summed E-state index contributed by atoms with van der Waals surface area (Å²) in [7, 11) is 0. The predicted molar refractivity (Wildman–Crippen MR) is 50.7 cm³/mol. The molecule has 1 atom stereocenters. The van der Waals surface area contributed by atoms with Gasteiger partial charge < -0.3 is 5.32 Å². The zero-order valence-corrected chi connectivity index (χ0v) is 7.17. The molecular weight excluding hydrogens is 148 g/mol. The molecule has 2 heteroatoms. The van der Waals surface area contributed by atoms with E-state index in [4.69, 9.17) is 0 Å². The highest BCUT2D eigenvalue weighted by atomic mass is 14.9. The number of nitrogens with one attached hydrogen (secondary N) is 1. The summed E-state index contributed by atoms with van der Waals surface area (Å²) in [4.78, 5) is 4.32. The maximum Gasteiger partial charge on any atom is 0.0889 e. The summed E-state index contributed by atoms with van der Waals surface area (Å²) in [6, 6.07) is 0. The number of aliphatic imine (C=N–C) groups is 1. The van der Waals surface area contributed by atoms with Crippen LogP contribution in [0.25, 0.3) is 0 Å². The van der Waals surface area contributed by atoms with Crippen molar-refractivity contribution in [3.63, 3.8) is 0 Å². The van der Waals surface area contributed by atoms with E-state index in [1.54, 1.807) is 0 Å². The van der Waals surface area contributed by atoms with Crippen LogP contribution in [-0.4, -0.2) is 6.21 Å². The molecule has 0 spiro atoms. The fourth-order valence-electron chi connectivity index (χ4n) is 1.53. The van der Waals surface area contributed by atoms with Gasteiger partial charge in [-0.3, -0.25) is 4.99 Å². The van der Waals surface area contributed by atoms with E-state index in [2.05, 4.69) is 29.9 Å². The van der Waals surface area contributed by atoms with Gasteiger partial charge in [-0.2, -0.15) is 0 Å². The number of hydrogen-bond acceptors (Lipinski definition) is 2. The maximum atomic E-state index is 4.32. The summed E-state index contributed by atoms with van der Waals surface area (Å²) in [5.41, 5.74) is 3.24. The molecule has 1 unspecified atom stereocenters. The van der Waals surface area contributed by atoms with Gasteiger partial charge in [-0.25, -0.2) is 0 Å². The first kappa shape index (κ1) is 7.35. The van der Waals surface area contributed by atoms with Crippen molar-refractivity contribution in [2.24, 2.45) is 10.9 Å². The number of rotatable bonds is 0. The minimum Gasteiger partial charge on any atom is -0.360 e. The van der Waals surface area contributed by atoms with Crippen molar-refractivity contribution in [3.8, 4) is 0 Å². The first-order chi connectivity index (χ1) is 5.79. The Bertz CT molecular complexity index is 308. The van der Waals surface area contributed by atoms with Crippen LogP contribution >= 0.6 is 0 Å². The largest absolute Gasteiger partial charge is 0.360 e. The van der Waals surface area contributed by atoms with Crippen LogP contribution in [0.2, 0.25) is 0 Å². The van der Waals surface area contributed by atoms with Crippen molar-refractivity contribution >= 4 is 6.21 Å². The van der Waals surface area contributed by atoms with Crippen molar-refractivity contribution in [2.75, 3.05) is 0 Å². The minimum atomic E-state index is 0.576. The highest BCUT2D eigenvalue weighted by Crippen LogP contribution is 2.28. The highest BCUT2D eigenvalue weighted by molar-refractivity contribution is 5.66. The summed E-state index contributed by atoms with van der Waals surface area (Å²) < 4.78 is 0. The van der Waals surface area contributed by atoms with Crippen molar-refractivity contribution in [1.29, 1.82) is 0 Å². The lowest BCUT2D eigenvalue weighted by molar-refractivity contribution is 0.708. The summed E-state index contributed by atoms with van der Waals surface area (Å²) in [6.45, 7) is 6.11. The normalized spacial score (nSPS) is 27.1. The van der Waals surface area contributed by atoms with Gasteiger partial charge in [-0.1, -0.05) is 13.5 Å². The molecule has 0 aliphatic carbocycles. The molecule has 0 amide bonds. The molecule has 0 fully saturated rings. The lowest BCUT2D eigenvalue weighted by Crippen LogP contribution is -2.17. The van der Waals surface area contributed by atoms with Crippen LogP contribution in [0, 0.1) is 5.92 Å². The summed E-state index contributed by atoms with van der Waals surface area (Å²) in [5.74, 6) is 0.576. The van der Waals surface area contributed by atoms with E-state index < -0.39 is 0 Å². The lowest BCUT2D eigenvalue weighted by atomic mass is 9.92. The molecule has 0 radical (unpaired) electrons. The zero-order valence-electron chi connectivity index (χ0n) is 7.17. The number of dihydropyridines is 1. The summed E-state index contributed by atoms with van der Waals surface area (Å²) >= 11 is 0. The van der Waals surface area contributed by atoms with Gasteiger partial charge in [0.15, 0.2) is 0 Å². The van der Waals surface area contributed by atoms with Crippen LogP contribution < -0.4 is 5.32 Å². The van der Waals surface area contributed by atoms with E-state index in [1.807, 2.05) is 12.4 Å². The lowest BCUT2D eigenvalue weighted by Gasteiger charge is -2.23. The average Bonchev–Trinajstić information content (AvgIpc) is 2.07. The second-order valence-corrected chi connectivity index (χ2v) is 3.21. The number of hydrogen-bond donors (Lipinski definition) is 1. The van der Waals surface area contributed by atoms with E-state index in [9.17, 15) is 0 Å². The zero-order chi connectivity index (χ0) is 8.55. The number of nitrogens with zero attached hydrogens (tertiary/aromatic N) is 1. The monoisotopic (exact) mass is 160 g/mol. The smallest absolute Gasteiger partial charge is 0.0889 e. The second-order valence-electron chi connectivity index (χ2n) is 3.21. The van der Waals surface area contributed by atoms with E-state index in [1.165, 1.54) is 5.57 Å². The van der Waals surface area contributed by atoms with Crippen molar-refractivity contribution in [2.45, 2.75) is 13.3 Å². The molecule has 12 heavy (non-hydrogen) atoms. The molecule has 2 nitrogen and oxygen atoms in total. The first-order valence-electron chi connectivity index (χ1n) is 4.18. The van der Waals surface area contributed by atoms with Gasteiger partial charge in [0, 0.05) is 12.4 Å².